The van der Waals surface area contributed by atoms with Crippen LogP contribution in [0.25, 0.3) is 11.1 Å². The van der Waals surface area contributed by atoms with Crippen molar-refractivity contribution in [2.45, 2.75) is 150 Å². The molecule has 0 N–H and O–H groups in total. The molecule has 0 unspecified atom stereocenters. The maximum absolute atomic E-state index is 2.65. The zero-order chi connectivity index (χ0) is 40.0. The Hall–Kier alpha value is -3.75. The molecule has 0 radical (unpaired) electrons. The molecule has 298 valence electrons. The Kier molecular flexibility index (Phi) is 8.12. The molecule has 2 heteroatoms. The Labute approximate surface area is 353 Å². The first-order valence-corrected chi connectivity index (χ1v) is 23.6. The van der Waals surface area contributed by atoms with Crippen LogP contribution in [0.5, 0.6) is 0 Å². The predicted octanol–water partition coefficient (Wildman–Crippen LogP) is 15.7. The van der Waals surface area contributed by atoms with Gasteiger partial charge in [-0.2, -0.15) is 0 Å². The zero-order valence-electron chi connectivity index (χ0n) is 36.3. The summed E-state index contributed by atoms with van der Waals surface area (Å²) in [7, 11) is 0. The third kappa shape index (κ3) is 5.48. The molecule has 7 aliphatic rings. The van der Waals surface area contributed by atoms with Gasteiger partial charge in [-0.25, -0.2) is 0 Å². The maximum Gasteiger partial charge on any atom is 0.0464 e. The molecular formula is C56H63NS. The smallest absolute Gasteiger partial charge is 0.0464 e. The molecule has 6 aliphatic carbocycles. The Morgan fingerprint density at radius 2 is 0.879 bits per heavy atom. The van der Waals surface area contributed by atoms with Crippen molar-refractivity contribution in [3.63, 3.8) is 0 Å². The highest BCUT2D eigenvalue weighted by atomic mass is 32.2. The van der Waals surface area contributed by atoms with E-state index in [1.54, 1.807) is 11.1 Å². The summed E-state index contributed by atoms with van der Waals surface area (Å²) >= 11 is 2.02. The van der Waals surface area contributed by atoms with E-state index >= 15 is 0 Å². The van der Waals surface area contributed by atoms with Gasteiger partial charge >= 0.3 is 0 Å². The van der Waals surface area contributed by atoms with Crippen molar-refractivity contribution >= 4 is 28.8 Å². The van der Waals surface area contributed by atoms with Crippen molar-refractivity contribution in [1.29, 1.82) is 0 Å². The second kappa shape index (κ2) is 12.6. The Morgan fingerprint density at radius 1 is 0.414 bits per heavy atom. The molecule has 0 amide bonds. The van der Waals surface area contributed by atoms with E-state index in [1.165, 1.54) is 118 Å². The van der Waals surface area contributed by atoms with Crippen LogP contribution in [0.4, 0.5) is 17.1 Å². The number of benzene rings is 5. The molecular weight excluding hydrogens is 719 g/mol. The van der Waals surface area contributed by atoms with Gasteiger partial charge in [-0.3, -0.25) is 0 Å². The van der Waals surface area contributed by atoms with Crippen molar-refractivity contribution in [2.24, 2.45) is 23.7 Å². The summed E-state index contributed by atoms with van der Waals surface area (Å²) in [5.41, 5.74) is 16.5. The molecule has 1 heterocycles. The first-order valence-electron chi connectivity index (χ1n) is 22.8. The zero-order valence-corrected chi connectivity index (χ0v) is 37.2. The van der Waals surface area contributed by atoms with Crippen molar-refractivity contribution in [3.8, 4) is 11.1 Å². The van der Waals surface area contributed by atoms with Crippen molar-refractivity contribution in [3.05, 3.63) is 137 Å². The molecule has 0 atom stereocenters. The Bertz CT molecular complexity index is 2350. The van der Waals surface area contributed by atoms with E-state index in [9.17, 15) is 0 Å². The van der Waals surface area contributed by atoms with Crippen molar-refractivity contribution < 1.29 is 0 Å². The summed E-state index contributed by atoms with van der Waals surface area (Å²) < 4.78 is 0. The molecule has 58 heavy (non-hydrogen) atoms. The SMILES string of the molecule is CC1(C)CCC(C)(C)c2cc(N(c3ccc(-c4ccc5c(c4)C4(c6ccccc6S5)C5CC6CC(C5)CC4C6)cc3)c3ccc4c(c3)C(C)(C)CCC4(C)C)ccc21. The van der Waals surface area contributed by atoms with Gasteiger partial charge in [0.15, 0.2) is 0 Å². The van der Waals surface area contributed by atoms with Crippen LogP contribution in [0.1, 0.15) is 147 Å². The van der Waals surface area contributed by atoms with E-state index in [4.69, 9.17) is 0 Å². The van der Waals surface area contributed by atoms with Crippen molar-refractivity contribution in [1.82, 2.24) is 0 Å². The molecule has 5 aromatic carbocycles. The minimum atomic E-state index is 0.137. The van der Waals surface area contributed by atoms with Gasteiger partial charge in [-0.05, 0) is 202 Å². The monoisotopic (exact) mass is 781 g/mol. The molecule has 4 saturated carbocycles. The summed E-state index contributed by atoms with van der Waals surface area (Å²) in [6.07, 6.45) is 12.0. The number of rotatable bonds is 4. The molecule has 1 spiro atoms. The lowest BCUT2D eigenvalue weighted by Gasteiger charge is -2.63. The fraction of sp³-hybridized carbons (Fsp3) is 0.464. The van der Waals surface area contributed by atoms with E-state index in [2.05, 4.69) is 163 Å². The topological polar surface area (TPSA) is 3.24 Å². The standard InChI is InChI=1S/C56H63NS/c1-52(2)23-25-54(5,6)47-33-42(18-20-44(47)52)57(43-19-21-45-48(34-43)55(7,8)26-24-53(45,3)4)41-16-13-37(14-17-41)38-15-22-51-49(32-38)56(46-11-9-10-12-50(46)58-51)39-28-35-27-36(30-39)31-40(56)29-35/h9-22,32-36,39-40H,23-31H2,1-8H3. The number of anilines is 3. The van der Waals surface area contributed by atoms with Gasteiger partial charge in [0, 0.05) is 32.3 Å². The van der Waals surface area contributed by atoms with Gasteiger partial charge in [-0.1, -0.05) is 116 Å². The predicted molar refractivity (Wildman–Crippen MR) is 246 cm³/mol. The summed E-state index contributed by atoms with van der Waals surface area (Å²) in [5, 5.41) is 0. The van der Waals surface area contributed by atoms with Crippen LogP contribution in [-0.4, -0.2) is 0 Å². The number of hydrogen-bond donors (Lipinski definition) is 0. The number of fused-ring (bicyclic) bond motifs is 4. The van der Waals surface area contributed by atoms with E-state index in [0.717, 1.165) is 23.7 Å². The van der Waals surface area contributed by atoms with Gasteiger partial charge in [0.25, 0.3) is 0 Å². The summed E-state index contributed by atoms with van der Waals surface area (Å²) in [6, 6.07) is 41.5. The summed E-state index contributed by atoms with van der Waals surface area (Å²) in [5.74, 6) is 3.40. The molecule has 0 aromatic heterocycles. The van der Waals surface area contributed by atoms with Gasteiger partial charge in [0.05, 0.1) is 0 Å². The first-order chi connectivity index (χ1) is 27.6. The van der Waals surface area contributed by atoms with Crippen LogP contribution < -0.4 is 4.90 Å². The number of hydrogen-bond acceptors (Lipinski definition) is 2. The van der Waals surface area contributed by atoms with E-state index in [1.807, 2.05) is 11.8 Å². The molecule has 12 rings (SSSR count). The minimum Gasteiger partial charge on any atom is -0.310 e. The van der Waals surface area contributed by atoms with Gasteiger partial charge in [0.2, 0.25) is 0 Å². The Morgan fingerprint density at radius 3 is 1.43 bits per heavy atom. The van der Waals surface area contributed by atoms with Gasteiger partial charge < -0.3 is 4.90 Å². The third-order valence-electron chi connectivity index (χ3n) is 17.1. The lowest BCUT2D eigenvalue weighted by atomic mass is 9.42. The quantitative estimate of drug-likeness (QED) is 0.179. The molecule has 4 bridgehead atoms. The third-order valence-corrected chi connectivity index (χ3v) is 18.2. The van der Waals surface area contributed by atoms with Crippen LogP contribution in [-0.2, 0) is 27.1 Å². The van der Waals surface area contributed by atoms with E-state index < -0.39 is 0 Å². The minimum absolute atomic E-state index is 0.137. The average molecular weight is 782 g/mol. The molecule has 5 aromatic rings. The molecule has 0 saturated heterocycles. The van der Waals surface area contributed by atoms with Crippen LogP contribution in [0.15, 0.2) is 113 Å². The molecule has 1 nitrogen and oxygen atoms in total. The van der Waals surface area contributed by atoms with Crippen molar-refractivity contribution in [2.75, 3.05) is 4.90 Å². The molecule has 4 fully saturated rings. The van der Waals surface area contributed by atoms with Gasteiger partial charge in [0.1, 0.15) is 0 Å². The lowest BCUT2D eigenvalue weighted by Crippen LogP contribution is -2.57. The highest BCUT2D eigenvalue weighted by Crippen LogP contribution is 2.69. The second-order valence-electron chi connectivity index (χ2n) is 22.4. The maximum atomic E-state index is 2.65. The fourth-order valence-electron chi connectivity index (χ4n) is 13.8. The van der Waals surface area contributed by atoms with Crippen LogP contribution in [0, 0.1) is 23.7 Å². The lowest BCUT2D eigenvalue weighted by molar-refractivity contribution is -0.0443. The average Bonchev–Trinajstić information content (AvgIpc) is 3.20. The summed E-state index contributed by atoms with van der Waals surface area (Å²) in [6.45, 7) is 19.6. The largest absolute Gasteiger partial charge is 0.310 e. The molecule has 1 aliphatic heterocycles. The normalized spacial score (nSPS) is 28.6. The highest BCUT2D eigenvalue weighted by Gasteiger charge is 2.60. The fourth-order valence-corrected chi connectivity index (χ4v) is 15.0. The second-order valence-corrected chi connectivity index (χ2v) is 23.4. The van der Waals surface area contributed by atoms with Gasteiger partial charge in [-0.15, -0.1) is 0 Å². The van der Waals surface area contributed by atoms with Crippen LogP contribution >= 0.6 is 11.8 Å². The van der Waals surface area contributed by atoms with E-state index in [-0.39, 0.29) is 27.1 Å². The van der Waals surface area contributed by atoms with Crippen LogP contribution in [0.3, 0.4) is 0 Å². The summed E-state index contributed by atoms with van der Waals surface area (Å²) in [4.78, 5) is 5.56. The van der Waals surface area contributed by atoms with Crippen LogP contribution in [0.2, 0.25) is 0 Å². The first kappa shape index (κ1) is 37.3. The Balaban J connectivity index is 1.03. The van der Waals surface area contributed by atoms with E-state index in [0.29, 0.717) is 0 Å². The number of nitrogens with zero attached hydrogens (tertiary/aromatic N) is 1. The highest BCUT2D eigenvalue weighted by molar-refractivity contribution is 7.99.